The number of ether oxygens (including phenoxy) is 1. The first-order valence-electron chi connectivity index (χ1n) is 8.83. The number of para-hydroxylation sites is 1. The fourth-order valence-corrected chi connectivity index (χ4v) is 2.75. The number of anilines is 1. The second kappa shape index (κ2) is 9.34. The molecule has 1 aliphatic heterocycles. The molecular weight excluding hydrogens is 370 g/mol. The largest absolute Gasteiger partial charge is 0.379 e. The third-order valence-corrected chi connectivity index (χ3v) is 4.28. The first kappa shape index (κ1) is 19.8. The molecule has 7 nitrogen and oxygen atoms in total. The Bertz CT molecular complexity index is 837. The standard InChI is InChI=1S/C19H20F2N4O3/c20-15-2-1-3-16(21)17(15)24-19(27)14-10-13(11-22-12-14)18(26)23-4-5-25-6-8-28-9-7-25/h1-3,10-12H,4-9H2,(H,23,26)(H,24,27). The summed E-state index contributed by atoms with van der Waals surface area (Å²) in [4.78, 5) is 30.6. The predicted octanol–water partition coefficient (Wildman–Crippen LogP) is 1.67. The van der Waals surface area contributed by atoms with E-state index in [2.05, 4.69) is 20.5 Å². The maximum absolute atomic E-state index is 13.7. The monoisotopic (exact) mass is 390 g/mol. The molecule has 3 rings (SSSR count). The van der Waals surface area contributed by atoms with Gasteiger partial charge in [0.2, 0.25) is 0 Å². The molecule has 2 N–H and O–H groups in total. The van der Waals surface area contributed by atoms with E-state index in [1.54, 1.807) is 0 Å². The number of nitrogens with one attached hydrogen (secondary N) is 2. The maximum Gasteiger partial charge on any atom is 0.257 e. The highest BCUT2D eigenvalue weighted by Crippen LogP contribution is 2.19. The van der Waals surface area contributed by atoms with E-state index >= 15 is 0 Å². The van der Waals surface area contributed by atoms with E-state index < -0.39 is 23.2 Å². The molecule has 1 fully saturated rings. The molecule has 0 atom stereocenters. The molecule has 2 amide bonds. The summed E-state index contributed by atoms with van der Waals surface area (Å²) in [6.45, 7) is 4.12. The molecule has 0 saturated carbocycles. The van der Waals surface area contributed by atoms with Gasteiger partial charge in [-0.1, -0.05) is 6.07 Å². The van der Waals surface area contributed by atoms with Gasteiger partial charge in [-0.25, -0.2) is 8.78 Å². The lowest BCUT2D eigenvalue weighted by atomic mass is 10.1. The molecule has 1 saturated heterocycles. The Morgan fingerprint density at radius 3 is 2.39 bits per heavy atom. The molecule has 9 heteroatoms. The Morgan fingerprint density at radius 1 is 1.07 bits per heavy atom. The van der Waals surface area contributed by atoms with Gasteiger partial charge >= 0.3 is 0 Å². The fraction of sp³-hybridized carbons (Fsp3) is 0.316. The van der Waals surface area contributed by atoms with Crippen LogP contribution in [0.15, 0.2) is 36.7 Å². The summed E-state index contributed by atoms with van der Waals surface area (Å²) in [6.07, 6.45) is 2.54. The number of rotatable bonds is 6. The van der Waals surface area contributed by atoms with Crippen molar-refractivity contribution in [2.75, 3.05) is 44.7 Å². The number of pyridine rings is 1. The molecule has 0 spiro atoms. The van der Waals surface area contributed by atoms with Gasteiger partial charge in [0.25, 0.3) is 11.8 Å². The molecule has 0 bridgehead atoms. The van der Waals surface area contributed by atoms with Crippen LogP contribution in [0.2, 0.25) is 0 Å². The van der Waals surface area contributed by atoms with Gasteiger partial charge in [0.1, 0.15) is 17.3 Å². The van der Waals surface area contributed by atoms with Crippen LogP contribution in [-0.4, -0.2) is 61.1 Å². The average Bonchev–Trinajstić information content (AvgIpc) is 2.71. The summed E-state index contributed by atoms with van der Waals surface area (Å²) in [5.41, 5.74) is -0.347. The Kier molecular flexibility index (Phi) is 6.62. The smallest absolute Gasteiger partial charge is 0.257 e. The van der Waals surface area contributed by atoms with Gasteiger partial charge in [-0.15, -0.1) is 0 Å². The molecule has 148 valence electrons. The summed E-state index contributed by atoms with van der Waals surface area (Å²) in [5, 5.41) is 4.94. The molecule has 2 heterocycles. The van der Waals surface area contributed by atoms with E-state index in [0.29, 0.717) is 26.3 Å². The summed E-state index contributed by atoms with van der Waals surface area (Å²) < 4.78 is 32.6. The second-order valence-electron chi connectivity index (χ2n) is 6.22. The normalized spacial score (nSPS) is 14.5. The van der Waals surface area contributed by atoms with Crippen molar-refractivity contribution in [2.24, 2.45) is 0 Å². The van der Waals surface area contributed by atoms with Crippen LogP contribution in [0.3, 0.4) is 0 Å². The Labute approximate surface area is 160 Å². The molecule has 0 aliphatic carbocycles. The molecule has 1 aromatic heterocycles. The van der Waals surface area contributed by atoms with Crippen LogP contribution in [0, 0.1) is 11.6 Å². The van der Waals surface area contributed by atoms with Crippen LogP contribution in [0.25, 0.3) is 0 Å². The maximum atomic E-state index is 13.7. The zero-order valence-corrected chi connectivity index (χ0v) is 15.1. The lowest BCUT2D eigenvalue weighted by molar-refractivity contribution is 0.0383. The minimum absolute atomic E-state index is 0.0171. The summed E-state index contributed by atoms with van der Waals surface area (Å²) in [6, 6.07) is 4.60. The molecule has 28 heavy (non-hydrogen) atoms. The zero-order chi connectivity index (χ0) is 19.9. The number of nitrogens with zero attached hydrogens (tertiary/aromatic N) is 2. The number of amides is 2. The predicted molar refractivity (Wildman–Crippen MR) is 98.1 cm³/mol. The van der Waals surface area contributed by atoms with Crippen LogP contribution in [0.4, 0.5) is 14.5 Å². The Morgan fingerprint density at radius 2 is 1.71 bits per heavy atom. The van der Waals surface area contributed by atoms with E-state index in [9.17, 15) is 18.4 Å². The molecule has 2 aromatic rings. The minimum atomic E-state index is -0.890. The average molecular weight is 390 g/mol. The van der Waals surface area contributed by atoms with Gasteiger partial charge in [0.05, 0.1) is 24.3 Å². The van der Waals surface area contributed by atoms with E-state index in [1.807, 2.05) is 0 Å². The minimum Gasteiger partial charge on any atom is -0.379 e. The highest BCUT2D eigenvalue weighted by molar-refractivity contribution is 6.05. The number of morpholine rings is 1. The van der Waals surface area contributed by atoms with Crippen molar-refractivity contribution in [1.29, 1.82) is 0 Å². The number of carbonyl (C=O) groups is 2. The molecular formula is C19H20F2N4O3. The van der Waals surface area contributed by atoms with Crippen molar-refractivity contribution >= 4 is 17.5 Å². The van der Waals surface area contributed by atoms with Crippen molar-refractivity contribution in [1.82, 2.24) is 15.2 Å². The van der Waals surface area contributed by atoms with Crippen molar-refractivity contribution in [3.8, 4) is 0 Å². The quantitative estimate of drug-likeness (QED) is 0.784. The molecule has 1 aliphatic rings. The number of benzene rings is 1. The lowest BCUT2D eigenvalue weighted by Crippen LogP contribution is -2.41. The topological polar surface area (TPSA) is 83.6 Å². The number of hydrogen-bond donors (Lipinski definition) is 2. The van der Waals surface area contributed by atoms with Crippen molar-refractivity contribution in [3.63, 3.8) is 0 Å². The van der Waals surface area contributed by atoms with Gasteiger partial charge < -0.3 is 15.4 Å². The Hall–Kier alpha value is -2.91. The van der Waals surface area contributed by atoms with Crippen LogP contribution in [0.1, 0.15) is 20.7 Å². The van der Waals surface area contributed by atoms with Crippen LogP contribution in [-0.2, 0) is 4.74 Å². The third-order valence-electron chi connectivity index (χ3n) is 4.28. The first-order valence-corrected chi connectivity index (χ1v) is 8.83. The number of halogens is 2. The third kappa shape index (κ3) is 5.08. The highest BCUT2D eigenvalue weighted by Gasteiger charge is 2.16. The van der Waals surface area contributed by atoms with Crippen LogP contribution < -0.4 is 10.6 Å². The van der Waals surface area contributed by atoms with E-state index in [-0.39, 0.29) is 17.0 Å². The van der Waals surface area contributed by atoms with Crippen LogP contribution >= 0.6 is 0 Å². The lowest BCUT2D eigenvalue weighted by Gasteiger charge is -2.26. The molecule has 1 aromatic carbocycles. The zero-order valence-electron chi connectivity index (χ0n) is 15.1. The van der Waals surface area contributed by atoms with E-state index in [1.165, 1.54) is 24.5 Å². The molecule has 0 radical (unpaired) electrons. The molecule has 0 unspecified atom stereocenters. The van der Waals surface area contributed by atoms with Gasteiger partial charge in [0.15, 0.2) is 0 Å². The summed E-state index contributed by atoms with van der Waals surface area (Å²) >= 11 is 0. The first-order chi connectivity index (χ1) is 13.5. The highest BCUT2D eigenvalue weighted by atomic mass is 19.1. The number of aromatic nitrogens is 1. The van der Waals surface area contributed by atoms with Crippen molar-refractivity contribution < 1.29 is 23.1 Å². The van der Waals surface area contributed by atoms with E-state index in [0.717, 1.165) is 25.2 Å². The van der Waals surface area contributed by atoms with E-state index in [4.69, 9.17) is 4.74 Å². The fourth-order valence-electron chi connectivity index (χ4n) is 2.75. The van der Waals surface area contributed by atoms with Crippen LogP contribution in [0.5, 0.6) is 0 Å². The van der Waals surface area contributed by atoms with Gasteiger partial charge in [-0.2, -0.15) is 0 Å². The van der Waals surface area contributed by atoms with Gasteiger partial charge in [-0.3, -0.25) is 19.5 Å². The number of carbonyl (C=O) groups excluding carboxylic acids is 2. The van der Waals surface area contributed by atoms with Crippen molar-refractivity contribution in [2.45, 2.75) is 0 Å². The summed E-state index contributed by atoms with van der Waals surface area (Å²) in [7, 11) is 0. The Balaban J connectivity index is 1.59. The van der Waals surface area contributed by atoms with Gasteiger partial charge in [0, 0.05) is 38.6 Å². The number of hydrogen-bond acceptors (Lipinski definition) is 5. The van der Waals surface area contributed by atoms with Gasteiger partial charge in [-0.05, 0) is 18.2 Å². The van der Waals surface area contributed by atoms with Crippen molar-refractivity contribution in [3.05, 3.63) is 59.4 Å². The summed E-state index contributed by atoms with van der Waals surface area (Å²) in [5.74, 6) is -2.93. The second-order valence-corrected chi connectivity index (χ2v) is 6.22. The SMILES string of the molecule is O=C(NCCN1CCOCC1)c1cncc(C(=O)Nc2c(F)cccc2F)c1.